The number of nitrogen functional groups attached to an aromatic ring is 1. The van der Waals surface area contributed by atoms with Gasteiger partial charge in [-0.05, 0) is 18.1 Å². The molecule has 0 fully saturated rings. The number of pyridine rings is 1. The monoisotopic (exact) mass is 246 g/mol. The van der Waals surface area contributed by atoms with E-state index < -0.39 is 0 Å². The lowest BCUT2D eigenvalue weighted by molar-refractivity contribution is 0.398. The molecular formula is C14H18N2O2. The molecule has 0 saturated carbocycles. The summed E-state index contributed by atoms with van der Waals surface area (Å²) in [5.41, 5.74) is 7.82. The van der Waals surface area contributed by atoms with Crippen molar-refractivity contribution in [2.45, 2.75) is 19.8 Å². The summed E-state index contributed by atoms with van der Waals surface area (Å²) in [5, 5.41) is 0.968. The highest BCUT2D eigenvalue weighted by molar-refractivity contribution is 5.88. The number of benzene rings is 1. The minimum atomic E-state index is 0.583. The number of nitrogens with zero attached hydrogens (tertiary/aromatic N) is 1. The molecule has 0 unspecified atom stereocenters. The Bertz CT molecular complexity index is 567. The van der Waals surface area contributed by atoms with Gasteiger partial charge in [0.2, 0.25) is 0 Å². The first-order valence-electron chi connectivity index (χ1n) is 6.00. The Labute approximate surface area is 107 Å². The number of aryl methyl sites for hydroxylation is 1. The summed E-state index contributed by atoms with van der Waals surface area (Å²) in [5.74, 6) is 2.06. The van der Waals surface area contributed by atoms with Gasteiger partial charge < -0.3 is 15.2 Å². The standard InChI is InChI=1S/C14H18N2O2/c1-4-5-9-6-11-12(16-14(9)15)7-10(17-2)8-13(11)18-3/h6-8H,4-5H2,1-3H3,(H2,15,16). The van der Waals surface area contributed by atoms with Crippen LogP contribution in [-0.4, -0.2) is 19.2 Å². The molecule has 0 radical (unpaired) electrons. The molecule has 0 spiro atoms. The van der Waals surface area contributed by atoms with Crippen molar-refractivity contribution in [1.82, 2.24) is 4.98 Å². The predicted molar refractivity (Wildman–Crippen MR) is 73.3 cm³/mol. The van der Waals surface area contributed by atoms with Gasteiger partial charge in [0.15, 0.2) is 0 Å². The van der Waals surface area contributed by atoms with E-state index in [0.29, 0.717) is 5.82 Å². The highest BCUT2D eigenvalue weighted by Gasteiger charge is 2.10. The normalized spacial score (nSPS) is 10.6. The minimum Gasteiger partial charge on any atom is -0.497 e. The Morgan fingerprint density at radius 2 is 1.94 bits per heavy atom. The fourth-order valence-corrected chi connectivity index (χ4v) is 2.03. The Balaban J connectivity index is 2.67. The number of hydrogen-bond donors (Lipinski definition) is 1. The second-order valence-electron chi connectivity index (χ2n) is 4.18. The van der Waals surface area contributed by atoms with Gasteiger partial charge in [-0.15, -0.1) is 0 Å². The lowest BCUT2D eigenvalue weighted by Crippen LogP contribution is -1.99. The van der Waals surface area contributed by atoms with Crippen LogP contribution in [-0.2, 0) is 6.42 Å². The van der Waals surface area contributed by atoms with Crippen LogP contribution in [0.5, 0.6) is 11.5 Å². The van der Waals surface area contributed by atoms with Crippen LogP contribution in [0.25, 0.3) is 10.9 Å². The maximum absolute atomic E-state index is 5.96. The smallest absolute Gasteiger partial charge is 0.131 e. The van der Waals surface area contributed by atoms with Crippen molar-refractivity contribution in [2.24, 2.45) is 0 Å². The van der Waals surface area contributed by atoms with Gasteiger partial charge in [-0.1, -0.05) is 13.3 Å². The highest BCUT2D eigenvalue weighted by atomic mass is 16.5. The van der Waals surface area contributed by atoms with E-state index in [-0.39, 0.29) is 0 Å². The maximum atomic E-state index is 5.96. The maximum Gasteiger partial charge on any atom is 0.131 e. The first-order valence-corrected chi connectivity index (χ1v) is 6.00. The quantitative estimate of drug-likeness (QED) is 0.901. The van der Waals surface area contributed by atoms with Crippen LogP contribution in [0.15, 0.2) is 18.2 Å². The summed E-state index contributed by atoms with van der Waals surface area (Å²) in [4.78, 5) is 4.43. The molecular weight excluding hydrogens is 228 g/mol. The molecule has 2 rings (SSSR count). The molecule has 0 aliphatic carbocycles. The molecule has 0 amide bonds. The Morgan fingerprint density at radius 3 is 2.56 bits per heavy atom. The number of methoxy groups -OCH3 is 2. The zero-order valence-electron chi connectivity index (χ0n) is 11.0. The molecule has 18 heavy (non-hydrogen) atoms. The van der Waals surface area contributed by atoms with E-state index in [1.165, 1.54) is 0 Å². The predicted octanol–water partition coefficient (Wildman–Crippen LogP) is 2.79. The van der Waals surface area contributed by atoms with Gasteiger partial charge in [-0.2, -0.15) is 0 Å². The molecule has 4 nitrogen and oxygen atoms in total. The summed E-state index contributed by atoms with van der Waals surface area (Å²) in [6, 6.07) is 5.78. The number of fused-ring (bicyclic) bond motifs is 1. The molecule has 2 N–H and O–H groups in total. The van der Waals surface area contributed by atoms with Gasteiger partial charge in [-0.3, -0.25) is 0 Å². The molecule has 1 heterocycles. The van der Waals surface area contributed by atoms with E-state index in [0.717, 1.165) is 40.8 Å². The minimum absolute atomic E-state index is 0.583. The molecule has 0 saturated heterocycles. The van der Waals surface area contributed by atoms with Gasteiger partial charge in [0, 0.05) is 17.5 Å². The van der Waals surface area contributed by atoms with Crippen molar-refractivity contribution in [1.29, 1.82) is 0 Å². The van der Waals surface area contributed by atoms with E-state index in [2.05, 4.69) is 18.0 Å². The molecule has 96 valence electrons. The number of nitrogens with two attached hydrogens (primary N) is 1. The van der Waals surface area contributed by atoms with E-state index >= 15 is 0 Å². The van der Waals surface area contributed by atoms with Crippen molar-refractivity contribution < 1.29 is 9.47 Å². The third-order valence-corrected chi connectivity index (χ3v) is 2.96. The van der Waals surface area contributed by atoms with Gasteiger partial charge in [0.05, 0.1) is 19.7 Å². The number of ether oxygens (including phenoxy) is 2. The number of anilines is 1. The van der Waals surface area contributed by atoms with Crippen molar-refractivity contribution in [3.63, 3.8) is 0 Å². The van der Waals surface area contributed by atoms with Crippen molar-refractivity contribution in [3.05, 3.63) is 23.8 Å². The van der Waals surface area contributed by atoms with Crippen molar-refractivity contribution in [2.75, 3.05) is 20.0 Å². The Morgan fingerprint density at radius 1 is 1.17 bits per heavy atom. The average Bonchev–Trinajstić information content (AvgIpc) is 2.38. The van der Waals surface area contributed by atoms with Crippen LogP contribution >= 0.6 is 0 Å². The molecule has 0 bridgehead atoms. The molecule has 2 aromatic rings. The van der Waals surface area contributed by atoms with E-state index in [9.17, 15) is 0 Å². The largest absolute Gasteiger partial charge is 0.497 e. The van der Waals surface area contributed by atoms with E-state index in [1.807, 2.05) is 12.1 Å². The third kappa shape index (κ3) is 2.18. The first kappa shape index (κ1) is 12.5. The van der Waals surface area contributed by atoms with Crippen LogP contribution in [0.3, 0.4) is 0 Å². The number of hydrogen-bond acceptors (Lipinski definition) is 4. The first-order chi connectivity index (χ1) is 8.69. The van der Waals surface area contributed by atoms with Gasteiger partial charge in [-0.25, -0.2) is 4.98 Å². The van der Waals surface area contributed by atoms with Gasteiger partial charge >= 0.3 is 0 Å². The van der Waals surface area contributed by atoms with E-state index in [4.69, 9.17) is 15.2 Å². The fourth-order valence-electron chi connectivity index (χ4n) is 2.03. The summed E-state index contributed by atoms with van der Waals surface area (Å²) in [6.45, 7) is 2.12. The second-order valence-corrected chi connectivity index (χ2v) is 4.18. The lowest BCUT2D eigenvalue weighted by Gasteiger charge is -2.11. The highest BCUT2D eigenvalue weighted by Crippen LogP contribution is 2.32. The molecule has 1 aromatic heterocycles. The van der Waals surface area contributed by atoms with Crippen LogP contribution in [0.4, 0.5) is 5.82 Å². The zero-order valence-corrected chi connectivity index (χ0v) is 11.0. The topological polar surface area (TPSA) is 57.4 Å². The molecule has 4 heteroatoms. The Kier molecular flexibility index (Phi) is 3.55. The van der Waals surface area contributed by atoms with Crippen LogP contribution in [0.1, 0.15) is 18.9 Å². The van der Waals surface area contributed by atoms with Crippen LogP contribution < -0.4 is 15.2 Å². The van der Waals surface area contributed by atoms with Gasteiger partial charge in [0.25, 0.3) is 0 Å². The summed E-state index contributed by atoms with van der Waals surface area (Å²) < 4.78 is 10.6. The van der Waals surface area contributed by atoms with Gasteiger partial charge in [0.1, 0.15) is 17.3 Å². The lowest BCUT2D eigenvalue weighted by atomic mass is 10.1. The summed E-state index contributed by atoms with van der Waals surface area (Å²) in [6.07, 6.45) is 1.96. The van der Waals surface area contributed by atoms with Crippen LogP contribution in [0.2, 0.25) is 0 Å². The summed E-state index contributed by atoms with van der Waals surface area (Å²) >= 11 is 0. The fraction of sp³-hybridized carbons (Fsp3) is 0.357. The molecule has 0 atom stereocenters. The third-order valence-electron chi connectivity index (χ3n) is 2.96. The average molecular weight is 246 g/mol. The molecule has 1 aromatic carbocycles. The Hall–Kier alpha value is -1.97. The van der Waals surface area contributed by atoms with Crippen LogP contribution in [0, 0.1) is 0 Å². The number of aromatic nitrogens is 1. The molecule has 0 aliphatic heterocycles. The van der Waals surface area contributed by atoms with Crippen molar-refractivity contribution in [3.8, 4) is 11.5 Å². The SMILES string of the molecule is CCCc1cc2c(OC)cc(OC)cc2nc1N. The number of rotatable bonds is 4. The van der Waals surface area contributed by atoms with E-state index in [1.54, 1.807) is 14.2 Å². The summed E-state index contributed by atoms with van der Waals surface area (Å²) in [7, 11) is 3.26. The molecule has 0 aliphatic rings. The van der Waals surface area contributed by atoms with Crippen molar-refractivity contribution >= 4 is 16.7 Å². The zero-order chi connectivity index (χ0) is 13.1. The second kappa shape index (κ2) is 5.12.